The number of alkyl halides is 1. The molecular formula is C10H12F3N. The molecule has 78 valence electrons. The van der Waals surface area contributed by atoms with Crippen LogP contribution in [0.15, 0.2) is 18.2 Å². The van der Waals surface area contributed by atoms with Crippen LogP contribution in [0.1, 0.15) is 19.4 Å². The quantitative estimate of drug-likeness (QED) is 0.785. The summed E-state index contributed by atoms with van der Waals surface area (Å²) >= 11 is 0. The summed E-state index contributed by atoms with van der Waals surface area (Å²) in [6.45, 7) is 2.65. The van der Waals surface area contributed by atoms with Crippen LogP contribution in [-0.4, -0.2) is 6.04 Å². The minimum atomic E-state index is -1.93. The number of hydrogen-bond donors (Lipinski definition) is 1. The van der Waals surface area contributed by atoms with E-state index in [0.717, 1.165) is 12.1 Å². The molecule has 0 fully saturated rings. The fourth-order valence-corrected chi connectivity index (χ4v) is 1.10. The molecule has 0 amide bonds. The highest BCUT2D eigenvalue weighted by Crippen LogP contribution is 2.29. The second-order valence-electron chi connectivity index (χ2n) is 3.52. The average Bonchev–Trinajstić information content (AvgIpc) is 2.01. The molecule has 0 bridgehead atoms. The van der Waals surface area contributed by atoms with Gasteiger partial charge in [-0.3, -0.25) is 0 Å². The molecule has 0 aliphatic carbocycles. The maximum Gasteiger partial charge on any atom is 0.148 e. The summed E-state index contributed by atoms with van der Waals surface area (Å²) in [5.74, 6) is -1.60. The minimum absolute atomic E-state index is 0.0787. The van der Waals surface area contributed by atoms with Crippen molar-refractivity contribution in [1.82, 2.24) is 0 Å². The Morgan fingerprint density at radius 1 is 1.21 bits per heavy atom. The maximum atomic E-state index is 13.8. The lowest BCUT2D eigenvalue weighted by atomic mass is 9.91. The van der Waals surface area contributed by atoms with Crippen LogP contribution in [0, 0.1) is 11.6 Å². The van der Waals surface area contributed by atoms with E-state index in [1.165, 1.54) is 13.8 Å². The summed E-state index contributed by atoms with van der Waals surface area (Å²) in [4.78, 5) is 0. The topological polar surface area (TPSA) is 26.0 Å². The van der Waals surface area contributed by atoms with E-state index in [0.29, 0.717) is 6.07 Å². The summed E-state index contributed by atoms with van der Waals surface area (Å²) in [6, 6.07) is 1.77. The maximum absolute atomic E-state index is 13.8. The molecule has 2 N–H and O–H groups in total. The first-order chi connectivity index (χ1) is 6.34. The van der Waals surface area contributed by atoms with Crippen molar-refractivity contribution in [2.75, 3.05) is 0 Å². The average molecular weight is 203 g/mol. The molecule has 1 aromatic carbocycles. The molecule has 0 saturated carbocycles. The number of hydrogen-bond acceptors (Lipinski definition) is 1. The van der Waals surface area contributed by atoms with E-state index in [9.17, 15) is 13.2 Å². The first kappa shape index (κ1) is 11.0. The molecule has 14 heavy (non-hydrogen) atoms. The van der Waals surface area contributed by atoms with Gasteiger partial charge < -0.3 is 5.73 Å². The van der Waals surface area contributed by atoms with Crippen molar-refractivity contribution < 1.29 is 13.2 Å². The van der Waals surface area contributed by atoms with Crippen molar-refractivity contribution in [2.45, 2.75) is 25.6 Å². The van der Waals surface area contributed by atoms with Gasteiger partial charge in [0.2, 0.25) is 0 Å². The van der Waals surface area contributed by atoms with Crippen molar-refractivity contribution in [2.24, 2.45) is 5.73 Å². The Morgan fingerprint density at radius 2 is 1.64 bits per heavy atom. The van der Waals surface area contributed by atoms with Crippen LogP contribution in [0.4, 0.5) is 13.2 Å². The van der Waals surface area contributed by atoms with Crippen molar-refractivity contribution in [1.29, 1.82) is 0 Å². The van der Waals surface area contributed by atoms with E-state index >= 15 is 0 Å². The van der Waals surface area contributed by atoms with Crippen molar-refractivity contribution in [3.8, 4) is 0 Å². The Balaban J connectivity index is 3.18. The van der Waals surface area contributed by atoms with E-state index < -0.39 is 23.3 Å². The van der Waals surface area contributed by atoms with Gasteiger partial charge in [0.1, 0.15) is 17.3 Å². The van der Waals surface area contributed by atoms with E-state index in [2.05, 4.69) is 0 Å². The first-order valence-corrected chi connectivity index (χ1v) is 4.25. The number of nitrogens with two attached hydrogens (primary N) is 1. The molecule has 2 unspecified atom stereocenters. The Hall–Kier alpha value is -1.03. The van der Waals surface area contributed by atoms with E-state index in [1.807, 2.05) is 0 Å². The molecule has 1 nitrogen and oxygen atoms in total. The number of benzene rings is 1. The van der Waals surface area contributed by atoms with Gasteiger partial charge in [-0.15, -0.1) is 0 Å². The number of rotatable bonds is 2. The third kappa shape index (κ3) is 2.07. The molecule has 0 spiro atoms. The summed E-state index contributed by atoms with van der Waals surface area (Å²) in [7, 11) is 0. The van der Waals surface area contributed by atoms with Gasteiger partial charge >= 0.3 is 0 Å². The molecule has 1 rings (SSSR count). The minimum Gasteiger partial charge on any atom is -0.325 e. The summed E-state index contributed by atoms with van der Waals surface area (Å²) in [5.41, 5.74) is 3.38. The lowest BCUT2D eigenvalue weighted by Gasteiger charge is -2.25. The predicted molar refractivity (Wildman–Crippen MR) is 48.5 cm³/mol. The Bertz CT molecular complexity index is 314. The second kappa shape index (κ2) is 3.61. The molecule has 0 aliphatic rings. The molecule has 2 atom stereocenters. The summed E-state index contributed by atoms with van der Waals surface area (Å²) in [6.07, 6.45) is 0. The number of halogens is 3. The Labute approximate surface area is 80.7 Å². The summed E-state index contributed by atoms with van der Waals surface area (Å²) < 4.78 is 39.4. The highest BCUT2D eigenvalue weighted by atomic mass is 19.1. The van der Waals surface area contributed by atoms with Crippen LogP contribution < -0.4 is 5.73 Å². The Morgan fingerprint density at radius 3 is 2.00 bits per heavy atom. The zero-order valence-electron chi connectivity index (χ0n) is 8.02. The zero-order valence-corrected chi connectivity index (χ0v) is 8.02. The lowest BCUT2D eigenvalue weighted by molar-refractivity contribution is 0.156. The predicted octanol–water partition coefficient (Wildman–Crippen LogP) is 2.50. The van der Waals surface area contributed by atoms with E-state index in [1.54, 1.807) is 0 Å². The van der Waals surface area contributed by atoms with Crippen LogP contribution in [0.2, 0.25) is 0 Å². The van der Waals surface area contributed by atoms with Crippen LogP contribution in [0.5, 0.6) is 0 Å². The van der Waals surface area contributed by atoms with Gasteiger partial charge in [0.25, 0.3) is 0 Å². The fourth-order valence-electron chi connectivity index (χ4n) is 1.10. The zero-order chi connectivity index (χ0) is 10.9. The molecule has 0 aromatic heterocycles. The third-order valence-electron chi connectivity index (χ3n) is 2.28. The van der Waals surface area contributed by atoms with Crippen LogP contribution >= 0.6 is 0 Å². The van der Waals surface area contributed by atoms with Gasteiger partial charge in [-0.05, 0) is 31.5 Å². The monoisotopic (exact) mass is 203 g/mol. The van der Waals surface area contributed by atoms with Gasteiger partial charge in [-0.1, -0.05) is 0 Å². The van der Waals surface area contributed by atoms with Gasteiger partial charge in [-0.25, -0.2) is 13.2 Å². The van der Waals surface area contributed by atoms with Gasteiger partial charge in [0.15, 0.2) is 0 Å². The smallest absolute Gasteiger partial charge is 0.148 e. The van der Waals surface area contributed by atoms with Crippen LogP contribution in [0.3, 0.4) is 0 Å². The molecule has 4 heteroatoms. The second-order valence-corrected chi connectivity index (χ2v) is 3.52. The van der Waals surface area contributed by atoms with Gasteiger partial charge in [0.05, 0.1) is 0 Å². The van der Waals surface area contributed by atoms with Crippen molar-refractivity contribution >= 4 is 0 Å². The highest BCUT2D eigenvalue weighted by molar-refractivity contribution is 5.25. The summed E-state index contributed by atoms with van der Waals surface area (Å²) in [5, 5.41) is 0. The SMILES string of the molecule is CC(N)C(C)(F)c1cc(F)cc(F)c1. The molecule has 0 radical (unpaired) electrons. The highest BCUT2D eigenvalue weighted by Gasteiger charge is 2.31. The van der Waals surface area contributed by atoms with Gasteiger partial charge in [-0.2, -0.15) is 0 Å². The molecule has 0 heterocycles. The molecule has 1 aromatic rings. The van der Waals surface area contributed by atoms with Crippen molar-refractivity contribution in [3.05, 3.63) is 35.4 Å². The standard InChI is InChI=1S/C10H12F3N/c1-6(14)10(2,13)7-3-8(11)5-9(12)4-7/h3-6H,14H2,1-2H3. The van der Waals surface area contributed by atoms with Gasteiger partial charge in [0, 0.05) is 12.1 Å². The molecule has 0 saturated heterocycles. The van der Waals surface area contributed by atoms with E-state index in [-0.39, 0.29) is 5.56 Å². The fraction of sp³-hybridized carbons (Fsp3) is 0.400. The Kier molecular flexibility index (Phi) is 2.85. The normalized spacial score (nSPS) is 17.6. The lowest BCUT2D eigenvalue weighted by Crippen LogP contribution is -2.37. The van der Waals surface area contributed by atoms with Crippen molar-refractivity contribution in [3.63, 3.8) is 0 Å². The van der Waals surface area contributed by atoms with Crippen LogP contribution in [-0.2, 0) is 5.67 Å². The largest absolute Gasteiger partial charge is 0.325 e. The third-order valence-corrected chi connectivity index (χ3v) is 2.28. The molecule has 0 aliphatic heterocycles. The van der Waals surface area contributed by atoms with E-state index in [4.69, 9.17) is 5.73 Å². The molecular weight excluding hydrogens is 191 g/mol. The van der Waals surface area contributed by atoms with Crippen LogP contribution in [0.25, 0.3) is 0 Å². The first-order valence-electron chi connectivity index (χ1n) is 4.25.